The van der Waals surface area contributed by atoms with Crippen LogP contribution in [0.4, 0.5) is 0 Å². The summed E-state index contributed by atoms with van der Waals surface area (Å²) in [4.78, 5) is 2.64. The average molecular weight is 309 g/mol. The van der Waals surface area contributed by atoms with Gasteiger partial charge in [0.15, 0.2) is 0 Å². The Labute approximate surface area is 135 Å². The molecule has 118 valence electrons. The third kappa shape index (κ3) is 4.00. The molecule has 2 fully saturated rings. The summed E-state index contributed by atoms with van der Waals surface area (Å²) in [6.45, 7) is 13.0. The van der Waals surface area contributed by atoms with Gasteiger partial charge in [-0.2, -0.15) is 0 Å². The van der Waals surface area contributed by atoms with E-state index in [0.717, 1.165) is 18.4 Å². The number of hydrogen-bond donors (Lipinski definition) is 1. The van der Waals surface area contributed by atoms with Gasteiger partial charge < -0.3 is 5.32 Å². The number of fused-ring (bicyclic) bond motifs is 1. The van der Waals surface area contributed by atoms with E-state index in [1.54, 1.807) is 0 Å². The molecule has 0 amide bonds. The Morgan fingerprint density at radius 2 is 1.76 bits per heavy atom. The molecule has 0 spiro atoms. The summed E-state index contributed by atoms with van der Waals surface area (Å²) < 4.78 is 0. The summed E-state index contributed by atoms with van der Waals surface area (Å²) >= 11 is 0. The van der Waals surface area contributed by atoms with E-state index in [1.807, 2.05) is 0 Å². The van der Waals surface area contributed by atoms with Crippen LogP contribution in [-0.4, -0.2) is 31.1 Å². The number of likely N-dealkylation sites (tertiary alicyclic amines) is 1. The molecule has 1 N–H and O–H groups in total. The number of benzene rings is 1. The predicted octanol–water partition coefficient (Wildman–Crippen LogP) is 3.45. The minimum Gasteiger partial charge on any atom is -0.316 e. The molecule has 1 aromatic rings. The fourth-order valence-electron chi connectivity index (χ4n) is 3.62. The van der Waals surface area contributed by atoms with Gasteiger partial charge in [-0.3, -0.25) is 4.90 Å². The molecular weight excluding hydrogens is 280 g/mol. The number of rotatable bonds is 2. The van der Waals surface area contributed by atoms with Crippen molar-refractivity contribution in [2.24, 2.45) is 11.8 Å². The molecule has 3 heteroatoms. The Morgan fingerprint density at radius 1 is 1.10 bits per heavy atom. The van der Waals surface area contributed by atoms with E-state index in [2.05, 4.69) is 55.3 Å². The van der Waals surface area contributed by atoms with E-state index in [-0.39, 0.29) is 17.8 Å². The number of halogens is 1. The first-order valence-electron chi connectivity index (χ1n) is 8.05. The van der Waals surface area contributed by atoms with Gasteiger partial charge in [-0.25, -0.2) is 0 Å². The van der Waals surface area contributed by atoms with Gasteiger partial charge in [0.25, 0.3) is 0 Å². The molecule has 2 nitrogen and oxygen atoms in total. The fourth-order valence-corrected chi connectivity index (χ4v) is 3.62. The molecule has 2 saturated heterocycles. The van der Waals surface area contributed by atoms with Crippen molar-refractivity contribution in [3.05, 3.63) is 35.4 Å². The highest BCUT2D eigenvalue weighted by molar-refractivity contribution is 5.85. The lowest BCUT2D eigenvalue weighted by atomic mass is 9.86. The molecule has 2 unspecified atom stereocenters. The minimum absolute atomic E-state index is 0. The quantitative estimate of drug-likeness (QED) is 0.900. The topological polar surface area (TPSA) is 15.3 Å². The van der Waals surface area contributed by atoms with E-state index < -0.39 is 0 Å². The van der Waals surface area contributed by atoms with Crippen molar-refractivity contribution in [2.45, 2.75) is 39.2 Å². The van der Waals surface area contributed by atoms with Gasteiger partial charge >= 0.3 is 0 Å². The Morgan fingerprint density at radius 3 is 2.43 bits per heavy atom. The van der Waals surface area contributed by atoms with Gasteiger partial charge in [-0.15, -0.1) is 12.4 Å². The van der Waals surface area contributed by atoms with Crippen LogP contribution >= 0.6 is 12.4 Å². The number of hydrogen-bond acceptors (Lipinski definition) is 2. The van der Waals surface area contributed by atoms with Crippen LogP contribution in [0, 0.1) is 11.8 Å². The smallest absolute Gasteiger partial charge is 0.0233 e. The summed E-state index contributed by atoms with van der Waals surface area (Å²) in [5.74, 6) is 1.83. The van der Waals surface area contributed by atoms with Crippen LogP contribution in [0.3, 0.4) is 0 Å². The average Bonchev–Trinajstić information content (AvgIpc) is 2.86. The molecular formula is C18H29ClN2. The summed E-state index contributed by atoms with van der Waals surface area (Å²) in [5.41, 5.74) is 3.15. The first-order valence-corrected chi connectivity index (χ1v) is 8.05. The van der Waals surface area contributed by atoms with Gasteiger partial charge in [0.1, 0.15) is 0 Å². The third-order valence-corrected chi connectivity index (χ3v) is 5.01. The zero-order valence-electron chi connectivity index (χ0n) is 13.6. The largest absolute Gasteiger partial charge is 0.316 e. The van der Waals surface area contributed by atoms with Crippen LogP contribution < -0.4 is 5.32 Å². The molecule has 0 radical (unpaired) electrons. The van der Waals surface area contributed by atoms with Crippen molar-refractivity contribution in [3.8, 4) is 0 Å². The second kappa shape index (κ2) is 6.68. The molecule has 3 rings (SSSR count). The Balaban J connectivity index is 0.00000161. The highest BCUT2D eigenvalue weighted by Gasteiger charge is 2.32. The molecule has 0 aromatic heterocycles. The van der Waals surface area contributed by atoms with Gasteiger partial charge in [0.05, 0.1) is 0 Å². The lowest BCUT2D eigenvalue weighted by Gasteiger charge is -2.34. The molecule has 0 saturated carbocycles. The van der Waals surface area contributed by atoms with Crippen LogP contribution in [-0.2, 0) is 12.0 Å². The van der Waals surface area contributed by atoms with Gasteiger partial charge in [-0.1, -0.05) is 45.0 Å². The maximum Gasteiger partial charge on any atom is 0.0233 e. The highest BCUT2D eigenvalue weighted by atomic mass is 35.5. The Kier molecular flexibility index (Phi) is 5.34. The second-order valence-corrected chi connectivity index (χ2v) is 7.65. The lowest BCUT2D eigenvalue weighted by Crippen LogP contribution is -2.39. The van der Waals surface area contributed by atoms with E-state index in [9.17, 15) is 0 Å². The van der Waals surface area contributed by atoms with Crippen LogP contribution in [0.25, 0.3) is 0 Å². The van der Waals surface area contributed by atoms with Crippen molar-refractivity contribution in [3.63, 3.8) is 0 Å². The Bertz CT molecular complexity index is 449. The fraction of sp³-hybridized carbons (Fsp3) is 0.667. The zero-order valence-corrected chi connectivity index (χ0v) is 14.4. The maximum atomic E-state index is 3.55. The van der Waals surface area contributed by atoms with Crippen LogP contribution in [0.5, 0.6) is 0 Å². The zero-order chi connectivity index (χ0) is 14.2. The number of piperidine rings is 1. The summed E-state index contributed by atoms with van der Waals surface area (Å²) in [6.07, 6.45) is 1.37. The van der Waals surface area contributed by atoms with Gasteiger partial charge in [0, 0.05) is 13.1 Å². The maximum absolute atomic E-state index is 3.55. The SMILES string of the molecule is CC(C)(C)c1ccc(CN2CCC3CNCC3C2)cc1.Cl. The third-order valence-electron chi connectivity index (χ3n) is 5.01. The van der Waals surface area contributed by atoms with E-state index in [0.29, 0.717) is 0 Å². The Hall–Kier alpha value is -0.570. The number of nitrogens with one attached hydrogen (secondary N) is 1. The molecule has 2 aliphatic rings. The van der Waals surface area contributed by atoms with E-state index in [1.165, 1.54) is 43.7 Å². The summed E-state index contributed by atoms with van der Waals surface area (Å²) in [7, 11) is 0. The van der Waals surface area contributed by atoms with Crippen LogP contribution in [0.2, 0.25) is 0 Å². The van der Waals surface area contributed by atoms with Crippen LogP contribution in [0.15, 0.2) is 24.3 Å². The molecule has 2 aliphatic heterocycles. The highest BCUT2D eigenvalue weighted by Crippen LogP contribution is 2.28. The minimum atomic E-state index is 0. The van der Waals surface area contributed by atoms with E-state index in [4.69, 9.17) is 0 Å². The van der Waals surface area contributed by atoms with Crippen molar-refractivity contribution >= 4 is 12.4 Å². The van der Waals surface area contributed by atoms with Gasteiger partial charge in [-0.05, 0) is 54.4 Å². The van der Waals surface area contributed by atoms with Crippen molar-refractivity contribution in [1.82, 2.24) is 10.2 Å². The number of nitrogens with zero attached hydrogens (tertiary/aromatic N) is 1. The molecule has 0 bridgehead atoms. The second-order valence-electron chi connectivity index (χ2n) is 7.65. The van der Waals surface area contributed by atoms with Crippen molar-refractivity contribution in [1.29, 1.82) is 0 Å². The normalized spacial score (nSPS) is 26.2. The van der Waals surface area contributed by atoms with E-state index >= 15 is 0 Å². The summed E-state index contributed by atoms with van der Waals surface area (Å²) in [6, 6.07) is 9.25. The molecule has 2 heterocycles. The first kappa shape index (κ1) is 16.8. The molecule has 0 aliphatic carbocycles. The van der Waals surface area contributed by atoms with Gasteiger partial charge in [0.2, 0.25) is 0 Å². The van der Waals surface area contributed by atoms with Crippen molar-refractivity contribution in [2.75, 3.05) is 26.2 Å². The lowest BCUT2D eigenvalue weighted by molar-refractivity contribution is 0.142. The molecule has 21 heavy (non-hydrogen) atoms. The van der Waals surface area contributed by atoms with Crippen LogP contribution in [0.1, 0.15) is 38.3 Å². The molecule has 2 atom stereocenters. The molecule has 1 aromatic carbocycles. The first-order chi connectivity index (χ1) is 9.52. The standard InChI is InChI=1S/C18H28N2.ClH/c1-18(2,3)17-6-4-14(5-7-17)12-20-9-8-15-10-19-11-16(15)13-20;/h4-7,15-16,19H,8-13H2,1-3H3;1H. The van der Waals surface area contributed by atoms with Crippen molar-refractivity contribution < 1.29 is 0 Å². The summed E-state index contributed by atoms with van der Waals surface area (Å²) in [5, 5.41) is 3.55. The monoisotopic (exact) mass is 308 g/mol. The predicted molar refractivity (Wildman–Crippen MR) is 92.1 cm³/mol.